The summed E-state index contributed by atoms with van der Waals surface area (Å²) in [7, 11) is 3.95. The van der Waals surface area contributed by atoms with Gasteiger partial charge in [-0.05, 0) is 57.4 Å². The first kappa shape index (κ1) is 23.0. The molecule has 0 aromatic heterocycles. The van der Waals surface area contributed by atoms with Gasteiger partial charge < -0.3 is 25.2 Å². The number of amides is 3. The van der Waals surface area contributed by atoms with Crippen molar-refractivity contribution in [1.82, 2.24) is 10.2 Å². The molecule has 1 aliphatic heterocycles. The standard InChI is InChI=1S/C22H36N4O3/c1-7-20(27)23-17-10-11-19(25(5)6)16(13-17)14-26(15-18-9-8-12-29-18)21(28)24-22(2,3)4/h10-11,13,18H,7-9,12,14-15H2,1-6H3,(H,23,27)(H,24,28)/t18-/m1/s1. The fourth-order valence-electron chi connectivity index (χ4n) is 3.33. The van der Waals surface area contributed by atoms with Crippen LogP contribution < -0.4 is 15.5 Å². The molecular formula is C22H36N4O3. The summed E-state index contributed by atoms with van der Waals surface area (Å²) in [4.78, 5) is 28.7. The molecule has 1 aliphatic rings. The van der Waals surface area contributed by atoms with Gasteiger partial charge in [-0.2, -0.15) is 0 Å². The molecule has 29 heavy (non-hydrogen) atoms. The van der Waals surface area contributed by atoms with Crippen molar-refractivity contribution in [2.24, 2.45) is 0 Å². The lowest BCUT2D eigenvalue weighted by Gasteiger charge is -2.31. The molecule has 2 N–H and O–H groups in total. The predicted molar refractivity (Wildman–Crippen MR) is 117 cm³/mol. The molecule has 2 rings (SSSR count). The molecule has 0 spiro atoms. The molecule has 3 amide bonds. The number of nitrogens with zero attached hydrogens (tertiary/aromatic N) is 2. The highest BCUT2D eigenvalue weighted by molar-refractivity contribution is 5.91. The molecular weight excluding hydrogens is 368 g/mol. The number of nitrogens with one attached hydrogen (secondary N) is 2. The first-order valence-electron chi connectivity index (χ1n) is 10.4. The first-order valence-corrected chi connectivity index (χ1v) is 10.4. The first-order chi connectivity index (χ1) is 13.6. The number of rotatable bonds is 7. The van der Waals surface area contributed by atoms with Gasteiger partial charge in [0.2, 0.25) is 5.91 Å². The lowest BCUT2D eigenvalue weighted by molar-refractivity contribution is -0.115. The molecule has 162 valence electrons. The highest BCUT2D eigenvalue weighted by Gasteiger charge is 2.26. The summed E-state index contributed by atoms with van der Waals surface area (Å²) >= 11 is 0. The van der Waals surface area contributed by atoms with Gasteiger partial charge >= 0.3 is 6.03 Å². The Bertz CT molecular complexity index is 706. The molecule has 1 aromatic carbocycles. The summed E-state index contributed by atoms with van der Waals surface area (Å²) in [5.41, 5.74) is 2.41. The van der Waals surface area contributed by atoms with Crippen molar-refractivity contribution in [2.45, 2.75) is 65.1 Å². The molecule has 1 atom stereocenters. The van der Waals surface area contributed by atoms with Crippen LogP contribution in [0, 0.1) is 0 Å². The van der Waals surface area contributed by atoms with E-state index in [1.165, 1.54) is 0 Å². The van der Waals surface area contributed by atoms with E-state index in [0.717, 1.165) is 36.4 Å². The maximum atomic E-state index is 13.0. The minimum atomic E-state index is -0.326. The highest BCUT2D eigenvalue weighted by atomic mass is 16.5. The van der Waals surface area contributed by atoms with Crippen molar-refractivity contribution in [3.8, 4) is 0 Å². The predicted octanol–water partition coefficient (Wildman–Crippen LogP) is 3.59. The molecule has 1 heterocycles. The number of hydrogen-bond acceptors (Lipinski definition) is 4. The third-order valence-corrected chi connectivity index (χ3v) is 4.74. The Morgan fingerprint density at radius 1 is 1.24 bits per heavy atom. The SMILES string of the molecule is CCC(=O)Nc1ccc(N(C)C)c(CN(C[C@H]2CCCO2)C(=O)NC(C)(C)C)c1. The molecule has 0 radical (unpaired) electrons. The zero-order chi connectivity index (χ0) is 21.6. The Hall–Kier alpha value is -2.28. The topological polar surface area (TPSA) is 73.9 Å². The molecule has 7 nitrogen and oxygen atoms in total. The third kappa shape index (κ3) is 7.24. The van der Waals surface area contributed by atoms with Gasteiger partial charge in [-0.25, -0.2) is 4.79 Å². The van der Waals surface area contributed by atoms with Crippen LogP contribution in [0.15, 0.2) is 18.2 Å². The summed E-state index contributed by atoms with van der Waals surface area (Å²) in [5.74, 6) is -0.0322. The molecule has 0 unspecified atom stereocenters. The lowest BCUT2D eigenvalue weighted by atomic mass is 10.1. The molecule has 0 bridgehead atoms. The van der Waals surface area contributed by atoms with Crippen LogP contribution in [0.25, 0.3) is 0 Å². The molecule has 0 saturated carbocycles. The fourth-order valence-corrected chi connectivity index (χ4v) is 3.33. The van der Waals surface area contributed by atoms with Crippen LogP contribution in [0.3, 0.4) is 0 Å². The van der Waals surface area contributed by atoms with Crippen molar-refractivity contribution < 1.29 is 14.3 Å². The smallest absolute Gasteiger partial charge is 0.318 e. The van der Waals surface area contributed by atoms with Gasteiger partial charge in [0, 0.05) is 57.1 Å². The average molecular weight is 405 g/mol. The van der Waals surface area contributed by atoms with E-state index in [9.17, 15) is 9.59 Å². The summed E-state index contributed by atoms with van der Waals surface area (Å²) < 4.78 is 5.78. The zero-order valence-electron chi connectivity index (χ0n) is 18.7. The summed E-state index contributed by atoms with van der Waals surface area (Å²) in [6.07, 6.45) is 2.48. The van der Waals surface area contributed by atoms with Gasteiger partial charge in [0.05, 0.1) is 6.10 Å². The van der Waals surface area contributed by atoms with Crippen LogP contribution in [0.2, 0.25) is 0 Å². The number of carbonyl (C=O) groups excluding carboxylic acids is 2. The minimum absolute atomic E-state index is 0.0322. The normalized spacial score (nSPS) is 16.4. The van der Waals surface area contributed by atoms with Crippen LogP contribution in [-0.4, -0.2) is 55.7 Å². The Kier molecular flexibility index (Phi) is 7.90. The van der Waals surface area contributed by atoms with Crippen LogP contribution in [-0.2, 0) is 16.1 Å². The third-order valence-electron chi connectivity index (χ3n) is 4.74. The van der Waals surface area contributed by atoms with E-state index in [0.29, 0.717) is 19.5 Å². The maximum Gasteiger partial charge on any atom is 0.318 e. The number of urea groups is 1. The molecule has 1 aromatic rings. The van der Waals surface area contributed by atoms with Gasteiger partial charge in [-0.1, -0.05) is 6.92 Å². The quantitative estimate of drug-likeness (QED) is 0.728. The second-order valence-corrected chi connectivity index (χ2v) is 8.84. The fraction of sp³-hybridized carbons (Fsp3) is 0.636. The van der Waals surface area contributed by atoms with Crippen molar-refractivity contribution in [1.29, 1.82) is 0 Å². The highest BCUT2D eigenvalue weighted by Crippen LogP contribution is 2.26. The number of carbonyl (C=O) groups is 2. The van der Waals surface area contributed by atoms with Gasteiger partial charge in [-0.15, -0.1) is 0 Å². The number of ether oxygens (including phenoxy) is 1. The van der Waals surface area contributed by atoms with E-state index in [2.05, 4.69) is 10.6 Å². The number of hydrogen-bond donors (Lipinski definition) is 2. The maximum absolute atomic E-state index is 13.0. The van der Waals surface area contributed by atoms with Crippen LogP contribution >= 0.6 is 0 Å². The van der Waals surface area contributed by atoms with Gasteiger partial charge in [0.25, 0.3) is 0 Å². The zero-order valence-corrected chi connectivity index (χ0v) is 18.7. The van der Waals surface area contributed by atoms with Crippen LogP contribution in [0.4, 0.5) is 16.2 Å². The summed E-state index contributed by atoms with van der Waals surface area (Å²) in [5, 5.41) is 5.98. The van der Waals surface area contributed by atoms with Gasteiger partial charge in [0.15, 0.2) is 0 Å². The number of anilines is 2. The minimum Gasteiger partial charge on any atom is -0.377 e. The van der Waals surface area contributed by atoms with E-state index in [4.69, 9.17) is 4.74 Å². The average Bonchev–Trinajstić information content (AvgIpc) is 3.12. The molecule has 0 aliphatic carbocycles. The Morgan fingerprint density at radius 2 is 1.97 bits per heavy atom. The lowest BCUT2D eigenvalue weighted by Crippen LogP contribution is -2.50. The van der Waals surface area contributed by atoms with E-state index < -0.39 is 0 Å². The van der Waals surface area contributed by atoms with Gasteiger partial charge in [-0.3, -0.25) is 4.79 Å². The second kappa shape index (κ2) is 9.96. The largest absolute Gasteiger partial charge is 0.377 e. The van der Waals surface area contributed by atoms with Crippen LogP contribution in [0.1, 0.15) is 52.5 Å². The van der Waals surface area contributed by atoms with Crippen LogP contribution in [0.5, 0.6) is 0 Å². The Labute approximate surface area is 174 Å². The van der Waals surface area contributed by atoms with Crippen molar-refractivity contribution in [2.75, 3.05) is 37.5 Å². The molecule has 1 fully saturated rings. The Morgan fingerprint density at radius 3 is 2.52 bits per heavy atom. The number of benzene rings is 1. The molecule has 1 saturated heterocycles. The summed E-state index contributed by atoms with van der Waals surface area (Å²) in [6, 6.07) is 5.72. The van der Waals surface area contributed by atoms with Gasteiger partial charge in [0.1, 0.15) is 0 Å². The monoisotopic (exact) mass is 404 g/mol. The van der Waals surface area contributed by atoms with Crippen molar-refractivity contribution >= 4 is 23.3 Å². The van der Waals surface area contributed by atoms with E-state index >= 15 is 0 Å². The second-order valence-electron chi connectivity index (χ2n) is 8.84. The summed E-state index contributed by atoms with van der Waals surface area (Å²) in [6.45, 7) is 9.47. The van der Waals surface area contributed by atoms with E-state index in [1.54, 1.807) is 0 Å². The van der Waals surface area contributed by atoms with Crippen molar-refractivity contribution in [3.63, 3.8) is 0 Å². The molecule has 7 heteroatoms. The Balaban J connectivity index is 2.29. The van der Waals surface area contributed by atoms with E-state index in [1.807, 2.05) is 69.8 Å². The van der Waals surface area contributed by atoms with Crippen molar-refractivity contribution in [3.05, 3.63) is 23.8 Å². The van der Waals surface area contributed by atoms with E-state index in [-0.39, 0.29) is 23.6 Å².